The van der Waals surface area contributed by atoms with Crippen LogP contribution in [0.1, 0.15) is 26.3 Å². The molecule has 0 radical (unpaired) electrons. The van der Waals surface area contributed by atoms with Crippen LogP contribution in [0.2, 0.25) is 0 Å². The van der Waals surface area contributed by atoms with Gasteiger partial charge in [-0.3, -0.25) is 0 Å². The fraction of sp³-hybridized carbons (Fsp3) is 0.455. The van der Waals surface area contributed by atoms with Crippen molar-refractivity contribution in [2.45, 2.75) is 26.2 Å². The second-order valence-corrected chi connectivity index (χ2v) is 6.58. The van der Waals surface area contributed by atoms with Gasteiger partial charge in [0.25, 0.3) is 0 Å². The lowest BCUT2D eigenvalue weighted by atomic mass is 9.86. The molecule has 1 aromatic carbocycles. The second kappa shape index (κ2) is 5.07. The Bertz CT molecular complexity index is 343. The molecule has 0 aromatic heterocycles. The molecule has 0 aliphatic heterocycles. The van der Waals surface area contributed by atoms with Crippen LogP contribution in [0.5, 0.6) is 0 Å². The molecule has 84 valence electrons. The summed E-state index contributed by atoms with van der Waals surface area (Å²) in [5.74, 6) is 0. The lowest BCUT2D eigenvalue weighted by Gasteiger charge is -2.22. The van der Waals surface area contributed by atoms with E-state index in [9.17, 15) is 0 Å². The summed E-state index contributed by atoms with van der Waals surface area (Å²) in [6.07, 6.45) is 0. The normalized spacial score (nSPS) is 11.3. The Balaban J connectivity index is 3.23. The van der Waals surface area contributed by atoms with E-state index in [4.69, 9.17) is 0 Å². The van der Waals surface area contributed by atoms with Gasteiger partial charge in [-0.2, -0.15) is 0 Å². The van der Waals surface area contributed by atoms with Crippen LogP contribution < -0.4 is 6.64 Å². The summed E-state index contributed by atoms with van der Waals surface area (Å²) >= 11 is 4.46. The van der Waals surface area contributed by atoms with Crippen molar-refractivity contribution in [1.82, 2.24) is 0 Å². The number of anilines is 2. The second-order valence-electron chi connectivity index (χ2n) is 4.59. The van der Waals surface area contributed by atoms with E-state index in [1.165, 1.54) is 11.3 Å². The van der Waals surface area contributed by atoms with Crippen molar-refractivity contribution < 1.29 is 0 Å². The Labute approximate surface area is 120 Å². The van der Waals surface area contributed by atoms with Crippen molar-refractivity contribution >= 4 is 57.1 Å². The molecule has 0 spiro atoms. The Morgan fingerprint density at radius 3 is 2.20 bits per heavy atom. The van der Waals surface area contributed by atoms with Crippen molar-refractivity contribution in [3.05, 3.63) is 23.8 Å². The number of nitrogens with one attached hydrogen (secondary N) is 1. The van der Waals surface area contributed by atoms with Gasteiger partial charge in [0.15, 0.2) is 0 Å². The summed E-state index contributed by atoms with van der Waals surface area (Å²) in [6.45, 7) is 6.70. The highest BCUT2D eigenvalue weighted by atomic mass is 127. The first-order valence-electron chi connectivity index (χ1n) is 4.76. The first-order chi connectivity index (χ1) is 6.84. The first-order valence-corrected chi connectivity index (χ1v) is 6.80. The van der Waals surface area contributed by atoms with E-state index < -0.39 is 0 Å². The molecule has 15 heavy (non-hydrogen) atoms. The summed E-state index contributed by atoms with van der Waals surface area (Å²) in [7, 11) is 2.05. The summed E-state index contributed by atoms with van der Waals surface area (Å²) < 4.78 is 5.28. The van der Waals surface area contributed by atoms with Crippen LogP contribution in [0, 0.1) is 0 Å². The van der Waals surface area contributed by atoms with Crippen molar-refractivity contribution in [1.29, 1.82) is 0 Å². The van der Waals surface area contributed by atoms with E-state index >= 15 is 0 Å². The standard InChI is InChI=1S/C11H16I2N2/c1-11(2,3)8-5-9(14-12)7-10(6-8)15(4)13/h5-7,14H,1-4H3. The fourth-order valence-corrected chi connectivity index (χ4v) is 1.87. The minimum atomic E-state index is 0.185. The molecule has 0 unspecified atom stereocenters. The molecule has 0 saturated carbocycles. The van der Waals surface area contributed by atoms with Crippen molar-refractivity contribution in [2.24, 2.45) is 0 Å². The largest absolute Gasteiger partial charge is 0.328 e. The third-order valence-corrected chi connectivity index (χ3v) is 3.43. The Morgan fingerprint density at radius 1 is 1.20 bits per heavy atom. The van der Waals surface area contributed by atoms with Crippen LogP contribution in [0.3, 0.4) is 0 Å². The average molecular weight is 430 g/mol. The average Bonchev–Trinajstić information content (AvgIpc) is 2.15. The highest BCUT2D eigenvalue weighted by Gasteiger charge is 2.15. The van der Waals surface area contributed by atoms with Crippen molar-refractivity contribution in [2.75, 3.05) is 13.7 Å². The summed E-state index contributed by atoms with van der Waals surface area (Å²) in [5, 5.41) is 0. The molecular weight excluding hydrogens is 414 g/mol. The molecule has 0 amide bonds. The third-order valence-electron chi connectivity index (χ3n) is 2.25. The molecule has 2 nitrogen and oxygen atoms in total. The zero-order chi connectivity index (χ0) is 11.6. The monoisotopic (exact) mass is 430 g/mol. The van der Waals surface area contributed by atoms with Gasteiger partial charge in [-0.1, -0.05) is 20.8 Å². The van der Waals surface area contributed by atoms with Gasteiger partial charge in [-0.05, 0) is 29.2 Å². The molecule has 0 saturated heterocycles. The number of halogens is 2. The zero-order valence-corrected chi connectivity index (χ0v) is 13.8. The molecule has 0 fully saturated rings. The molecule has 0 atom stereocenters. The minimum Gasteiger partial charge on any atom is -0.328 e. The van der Waals surface area contributed by atoms with Crippen LogP contribution in [-0.4, -0.2) is 7.05 Å². The quantitative estimate of drug-likeness (QED) is 0.548. The van der Waals surface area contributed by atoms with Gasteiger partial charge in [-0.25, -0.2) is 0 Å². The molecule has 1 aromatic rings. The van der Waals surface area contributed by atoms with Crippen LogP contribution >= 0.6 is 45.7 Å². The Hall–Kier alpha value is 0.280. The van der Waals surface area contributed by atoms with Gasteiger partial charge in [0.2, 0.25) is 0 Å². The number of hydrogen-bond acceptors (Lipinski definition) is 2. The molecule has 1 N–H and O–H groups in total. The third kappa shape index (κ3) is 3.65. The number of hydrogen-bond donors (Lipinski definition) is 1. The summed E-state index contributed by atoms with van der Waals surface area (Å²) in [5.41, 5.74) is 3.91. The maximum Gasteiger partial charge on any atom is 0.0588 e. The SMILES string of the molecule is CN(I)c1cc(NI)cc(C(C)(C)C)c1. The maximum absolute atomic E-state index is 3.17. The number of benzene rings is 1. The highest BCUT2D eigenvalue weighted by Crippen LogP contribution is 2.31. The van der Waals surface area contributed by atoms with Crippen LogP contribution in [-0.2, 0) is 5.41 Å². The van der Waals surface area contributed by atoms with E-state index in [0.29, 0.717) is 0 Å². The molecule has 0 heterocycles. The van der Waals surface area contributed by atoms with Gasteiger partial charge >= 0.3 is 0 Å². The van der Waals surface area contributed by atoms with E-state index in [1.54, 1.807) is 0 Å². The zero-order valence-electron chi connectivity index (χ0n) is 9.44. The smallest absolute Gasteiger partial charge is 0.0588 e. The van der Waals surface area contributed by atoms with E-state index in [-0.39, 0.29) is 5.41 Å². The lowest BCUT2D eigenvalue weighted by Crippen LogP contribution is -2.12. The maximum atomic E-state index is 3.17. The summed E-state index contributed by atoms with van der Waals surface area (Å²) in [6, 6.07) is 6.59. The first kappa shape index (κ1) is 13.3. The van der Waals surface area contributed by atoms with Gasteiger partial charge in [-0.15, -0.1) is 0 Å². The number of rotatable bonds is 2. The predicted octanol–water partition coefficient (Wildman–Crippen LogP) is 4.53. The van der Waals surface area contributed by atoms with Gasteiger partial charge in [0, 0.05) is 18.4 Å². The number of nitrogens with zero attached hydrogens (tertiary/aromatic N) is 1. The molecule has 0 aliphatic rings. The Kier molecular flexibility index (Phi) is 4.51. The fourth-order valence-electron chi connectivity index (χ4n) is 1.28. The molecule has 4 heteroatoms. The topological polar surface area (TPSA) is 15.3 Å². The molecule has 1 rings (SSSR count). The van der Waals surface area contributed by atoms with Crippen LogP contribution in [0.4, 0.5) is 11.4 Å². The molecule has 0 bridgehead atoms. The summed E-state index contributed by atoms with van der Waals surface area (Å²) in [4.78, 5) is 0. The van der Waals surface area contributed by atoms with E-state index in [1.807, 2.05) is 0 Å². The van der Waals surface area contributed by atoms with Crippen molar-refractivity contribution in [3.63, 3.8) is 0 Å². The van der Waals surface area contributed by atoms with Crippen molar-refractivity contribution in [3.8, 4) is 0 Å². The van der Waals surface area contributed by atoms with Crippen LogP contribution in [0.15, 0.2) is 18.2 Å². The Morgan fingerprint density at radius 2 is 1.80 bits per heavy atom. The molecule has 0 aliphatic carbocycles. The molecular formula is C11H16I2N2. The van der Waals surface area contributed by atoms with E-state index in [2.05, 4.69) is 98.4 Å². The highest BCUT2D eigenvalue weighted by molar-refractivity contribution is 14.1. The predicted molar refractivity (Wildman–Crippen MR) is 85.2 cm³/mol. The van der Waals surface area contributed by atoms with Gasteiger partial charge in [0.1, 0.15) is 0 Å². The van der Waals surface area contributed by atoms with E-state index in [0.717, 1.165) is 5.69 Å². The lowest BCUT2D eigenvalue weighted by molar-refractivity contribution is 0.591. The van der Waals surface area contributed by atoms with Crippen LogP contribution in [0.25, 0.3) is 0 Å². The van der Waals surface area contributed by atoms with Gasteiger partial charge < -0.3 is 6.64 Å². The van der Waals surface area contributed by atoms with Gasteiger partial charge in [0.05, 0.1) is 45.7 Å². The minimum absolute atomic E-state index is 0.185.